The molecule has 0 rings (SSSR count). The van der Waals surface area contributed by atoms with Gasteiger partial charge in [0.25, 0.3) is 0 Å². The van der Waals surface area contributed by atoms with Gasteiger partial charge in [0, 0.05) is 6.92 Å². The van der Waals surface area contributed by atoms with Gasteiger partial charge in [-0.3, -0.25) is 9.59 Å². The van der Waals surface area contributed by atoms with Gasteiger partial charge in [-0.05, 0) is 12.8 Å². The van der Waals surface area contributed by atoms with E-state index in [-0.39, 0.29) is 13.0 Å². The van der Waals surface area contributed by atoms with Crippen LogP contribution in [0.15, 0.2) is 0 Å². The number of ether oxygens (including phenoxy) is 3. The summed E-state index contributed by atoms with van der Waals surface area (Å²) in [7, 11) is 0. The summed E-state index contributed by atoms with van der Waals surface area (Å²) in [4.78, 5) is 34.2. The van der Waals surface area contributed by atoms with Crippen LogP contribution < -0.4 is 0 Å². The average molecular weight is 288 g/mol. The smallest absolute Gasteiger partial charge is 0.348 e. The number of hydrogen-bond donors (Lipinski definition) is 0. The summed E-state index contributed by atoms with van der Waals surface area (Å²) in [5.41, 5.74) is 0. The van der Waals surface area contributed by atoms with Gasteiger partial charge in [-0.2, -0.15) is 0 Å². The number of carbonyl (C=O) groups is 3. The van der Waals surface area contributed by atoms with Gasteiger partial charge < -0.3 is 14.2 Å². The third-order valence-electron chi connectivity index (χ3n) is 2.43. The van der Waals surface area contributed by atoms with E-state index >= 15 is 0 Å². The molecule has 0 heterocycles. The van der Waals surface area contributed by atoms with Crippen molar-refractivity contribution in [3.8, 4) is 0 Å². The monoisotopic (exact) mass is 288 g/mol. The molecular weight excluding hydrogens is 264 g/mol. The zero-order valence-electron chi connectivity index (χ0n) is 12.5. The van der Waals surface area contributed by atoms with Crippen LogP contribution in [0.5, 0.6) is 0 Å². The number of unbranched alkanes of at least 4 members (excludes halogenated alkanes) is 2. The Labute approximate surface area is 119 Å². The van der Waals surface area contributed by atoms with Crippen LogP contribution in [-0.4, -0.2) is 37.2 Å². The maximum absolute atomic E-state index is 11.7. The molecule has 116 valence electrons. The first-order valence-corrected chi connectivity index (χ1v) is 7.00. The molecule has 0 saturated carbocycles. The van der Waals surface area contributed by atoms with E-state index < -0.39 is 24.0 Å². The number of rotatable bonds is 10. The molecule has 0 aliphatic carbocycles. The topological polar surface area (TPSA) is 78.9 Å². The van der Waals surface area contributed by atoms with E-state index in [1.165, 1.54) is 6.92 Å². The maximum atomic E-state index is 11.7. The van der Waals surface area contributed by atoms with E-state index in [1.807, 2.05) is 13.8 Å². The molecule has 0 aromatic rings. The highest BCUT2D eigenvalue weighted by Gasteiger charge is 2.27. The second-order valence-electron chi connectivity index (χ2n) is 4.40. The lowest BCUT2D eigenvalue weighted by Gasteiger charge is -2.15. The van der Waals surface area contributed by atoms with Crippen LogP contribution >= 0.6 is 0 Å². The van der Waals surface area contributed by atoms with Crippen LogP contribution in [-0.2, 0) is 28.6 Å². The van der Waals surface area contributed by atoms with Crippen molar-refractivity contribution in [2.75, 3.05) is 13.2 Å². The molecule has 0 saturated heterocycles. The van der Waals surface area contributed by atoms with Gasteiger partial charge in [-0.1, -0.05) is 26.7 Å². The first kappa shape index (κ1) is 18.4. The summed E-state index contributed by atoms with van der Waals surface area (Å²) in [6.45, 7) is 5.66. The van der Waals surface area contributed by atoms with Crippen LogP contribution in [0, 0.1) is 0 Å². The number of carbonyl (C=O) groups excluding carboxylic acids is 3. The molecule has 0 N–H and O–H groups in total. The van der Waals surface area contributed by atoms with Crippen molar-refractivity contribution in [2.24, 2.45) is 0 Å². The normalized spacial score (nSPS) is 11.6. The Morgan fingerprint density at radius 2 is 1.50 bits per heavy atom. The molecule has 0 aromatic carbocycles. The SMILES string of the molecule is CCCCOC(=O)C[C@@H](OC(C)=O)C(=O)OCCCC. The van der Waals surface area contributed by atoms with Crippen molar-refractivity contribution in [3.05, 3.63) is 0 Å². The highest BCUT2D eigenvalue weighted by molar-refractivity contribution is 5.84. The molecule has 0 bridgehead atoms. The Morgan fingerprint density at radius 1 is 0.950 bits per heavy atom. The maximum Gasteiger partial charge on any atom is 0.348 e. The Bertz CT molecular complexity index is 313. The quantitative estimate of drug-likeness (QED) is 0.347. The fourth-order valence-electron chi connectivity index (χ4n) is 1.32. The van der Waals surface area contributed by atoms with Gasteiger partial charge in [0.1, 0.15) is 0 Å². The van der Waals surface area contributed by atoms with E-state index in [0.717, 1.165) is 25.7 Å². The Kier molecular flexibility index (Phi) is 10.4. The van der Waals surface area contributed by atoms with E-state index in [1.54, 1.807) is 0 Å². The fourth-order valence-corrected chi connectivity index (χ4v) is 1.32. The molecule has 1 atom stereocenters. The van der Waals surface area contributed by atoms with Crippen LogP contribution in [0.25, 0.3) is 0 Å². The van der Waals surface area contributed by atoms with Crippen molar-refractivity contribution in [3.63, 3.8) is 0 Å². The summed E-state index contributed by atoms with van der Waals surface area (Å²) in [6, 6.07) is 0. The van der Waals surface area contributed by atoms with Crippen molar-refractivity contribution in [1.82, 2.24) is 0 Å². The second-order valence-corrected chi connectivity index (χ2v) is 4.40. The van der Waals surface area contributed by atoms with E-state index in [0.29, 0.717) is 6.61 Å². The molecule has 0 radical (unpaired) electrons. The minimum absolute atomic E-state index is 0.248. The van der Waals surface area contributed by atoms with Crippen molar-refractivity contribution >= 4 is 17.9 Å². The summed E-state index contributed by atoms with van der Waals surface area (Å²) >= 11 is 0. The predicted molar refractivity (Wildman–Crippen MR) is 71.9 cm³/mol. The largest absolute Gasteiger partial charge is 0.466 e. The molecule has 0 amide bonds. The summed E-state index contributed by atoms with van der Waals surface area (Å²) in [5, 5.41) is 0. The van der Waals surface area contributed by atoms with Crippen LogP contribution in [0.4, 0.5) is 0 Å². The van der Waals surface area contributed by atoms with Gasteiger partial charge in [-0.25, -0.2) is 4.79 Å². The van der Waals surface area contributed by atoms with Crippen LogP contribution in [0.3, 0.4) is 0 Å². The van der Waals surface area contributed by atoms with Crippen LogP contribution in [0.2, 0.25) is 0 Å². The van der Waals surface area contributed by atoms with Gasteiger partial charge in [0.15, 0.2) is 0 Å². The molecule has 0 aliphatic rings. The molecule has 6 nitrogen and oxygen atoms in total. The number of esters is 3. The van der Waals surface area contributed by atoms with Crippen molar-refractivity contribution < 1.29 is 28.6 Å². The lowest BCUT2D eigenvalue weighted by molar-refractivity contribution is -0.170. The van der Waals surface area contributed by atoms with Gasteiger partial charge in [0.2, 0.25) is 6.10 Å². The van der Waals surface area contributed by atoms with E-state index in [2.05, 4.69) is 0 Å². The van der Waals surface area contributed by atoms with Gasteiger partial charge >= 0.3 is 17.9 Å². The molecule has 6 heteroatoms. The molecule has 0 spiro atoms. The molecule has 20 heavy (non-hydrogen) atoms. The van der Waals surface area contributed by atoms with Crippen molar-refractivity contribution in [1.29, 1.82) is 0 Å². The third-order valence-corrected chi connectivity index (χ3v) is 2.43. The van der Waals surface area contributed by atoms with Crippen molar-refractivity contribution in [2.45, 2.75) is 59.0 Å². The summed E-state index contributed by atoms with van der Waals surface area (Å²) < 4.78 is 14.7. The molecule has 0 unspecified atom stereocenters. The Hall–Kier alpha value is -1.59. The number of hydrogen-bond acceptors (Lipinski definition) is 6. The average Bonchev–Trinajstić information content (AvgIpc) is 2.38. The van der Waals surface area contributed by atoms with E-state index in [4.69, 9.17) is 14.2 Å². The second kappa shape index (κ2) is 11.3. The lowest BCUT2D eigenvalue weighted by Crippen LogP contribution is -2.31. The highest BCUT2D eigenvalue weighted by atomic mass is 16.6. The first-order chi connectivity index (χ1) is 9.51. The zero-order valence-corrected chi connectivity index (χ0v) is 12.5. The fraction of sp³-hybridized carbons (Fsp3) is 0.786. The standard InChI is InChI=1S/C14H24O6/c1-4-6-8-18-13(16)10-12(20-11(3)15)14(17)19-9-7-5-2/h12H,4-10H2,1-3H3/t12-/m1/s1. The summed E-state index contributed by atoms with van der Waals surface area (Å²) in [5.74, 6) is -1.91. The first-order valence-electron chi connectivity index (χ1n) is 7.00. The lowest BCUT2D eigenvalue weighted by atomic mass is 10.2. The predicted octanol–water partition coefficient (Wildman–Crippen LogP) is 1.99. The van der Waals surface area contributed by atoms with Gasteiger partial charge in [-0.15, -0.1) is 0 Å². The summed E-state index contributed by atoms with van der Waals surface area (Å²) in [6.07, 6.45) is 1.72. The molecule has 0 aliphatic heterocycles. The Balaban J connectivity index is 4.28. The highest BCUT2D eigenvalue weighted by Crippen LogP contribution is 2.06. The molecule has 0 fully saturated rings. The zero-order chi connectivity index (χ0) is 15.4. The van der Waals surface area contributed by atoms with E-state index in [9.17, 15) is 14.4 Å². The Morgan fingerprint density at radius 3 is 2.00 bits per heavy atom. The third kappa shape index (κ3) is 9.35. The minimum atomic E-state index is -1.22. The van der Waals surface area contributed by atoms with Gasteiger partial charge in [0.05, 0.1) is 19.6 Å². The molecular formula is C14H24O6. The molecule has 0 aromatic heterocycles. The van der Waals surface area contributed by atoms with Crippen LogP contribution in [0.1, 0.15) is 52.9 Å². The minimum Gasteiger partial charge on any atom is -0.466 e.